The highest BCUT2D eigenvalue weighted by atomic mass is 16.2. The highest BCUT2D eigenvalue weighted by molar-refractivity contribution is 6.04. The van der Waals surface area contributed by atoms with Crippen LogP contribution in [-0.2, 0) is 4.79 Å². The molecule has 5 nitrogen and oxygen atoms in total. The number of para-hydroxylation sites is 1. The van der Waals surface area contributed by atoms with Gasteiger partial charge < -0.3 is 16.0 Å². The molecule has 0 saturated carbocycles. The predicted octanol–water partition coefficient (Wildman–Crippen LogP) is 1.62. The molecule has 0 spiro atoms. The van der Waals surface area contributed by atoms with E-state index in [4.69, 9.17) is 0 Å². The topological polar surface area (TPSA) is 70.2 Å². The summed E-state index contributed by atoms with van der Waals surface area (Å²) in [6.07, 6.45) is 0.880. The zero-order chi connectivity index (χ0) is 15.2. The first-order valence-electron chi connectivity index (χ1n) is 7.52. The summed E-state index contributed by atoms with van der Waals surface area (Å²) < 4.78 is 0. The number of amides is 2. The van der Waals surface area contributed by atoms with Crippen LogP contribution in [0, 0.1) is 11.8 Å². The van der Waals surface area contributed by atoms with E-state index in [-0.39, 0.29) is 17.7 Å². The van der Waals surface area contributed by atoms with Crippen molar-refractivity contribution >= 4 is 17.5 Å². The maximum Gasteiger partial charge on any atom is 0.253 e. The van der Waals surface area contributed by atoms with Crippen molar-refractivity contribution in [1.29, 1.82) is 0 Å². The van der Waals surface area contributed by atoms with Gasteiger partial charge in [0.05, 0.1) is 17.2 Å². The van der Waals surface area contributed by atoms with E-state index < -0.39 is 0 Å². The minimum atomic E-state index is -0.148. The van der Waals surface area contributed by atoms with Gasteiger partial charge in [-0.25, -0.2) is 0 Å². The number of benzene rings is 1. The van der Waals surface area contributed by atoms with Crippen molar-refractivity contribution in [3.8, 4) is 0 Å². The van der Waals surface area contributed by atoms with Crippen molar-refractivity contribution in [1.82, 2.24) is 10.6 Å². The Balaban J connectivity index is 2.09. The molecule has 0 aliphatic carbocycles. The lowest BCUT2D eigenvalue weighted by Gasteiger charge is -2.16. The number of carbonyl (C=O) groups is 2. The van der Waals surface area contributed by atoms with E-state index in [9.17, 15) is 9.59 Å². The summed E-state index contributed by atoms with van der Waals surface area (Å²) in [6.45, 7) is 6.24. The fraction of sp³-hybridized carbons (Fsp3) is 0.500. The molecule has 1 heterocycles. The third-order valence-corrected chi connectivity index (χ3v) is 3.82. The summed E-state index contributed by atoms with van der Waals surface area (Å²) in [5, 5.41) is 8.95. The van der Waals surface area contributed by atoms with E-state index in [0.29, 0.717) is 30.3 Å². The first kappa shape index (κ1) is 15.5. The minimum absolute atomic E-state index is 0.0248. The second-order valence-electron chi connectivity index (χ2n) is 5.53. The zero-order valence-electron chi connectivity index (χ0n) is 12.6. The summed E-state index contributed by atoms with van der Waals surface area (Å²) >= 11 is 0. The molecule has 1 fully saturated rings. The van der Waals surface area contributed by atoms with Crippen molar-refractivity contribution in [3.63, 3.8) is 0 Å². The van der Waals surface area contributed by atoms with Crippen molar-refractivity contribution in [2.45, 2.75) is 20.3 Å². The Hall–Kier alpha value is -1.88. The molecule has 0 bridgehead atoms. The Morgan fingerprint density at radius 1 is 1.29 bits per heavy atom. The average molecular weight is 289 g/mol. The van der Waals surface area contributed by atoms with E-state index >= 15 is 0 Å². The molecule has 2 atom stereocenters. The molecule has 0 radical (unpaired) electrons. The number of rotatable bonds is 5. The molecule has 2 rings (SSSR count). The number of hydrogen-bond donors (Lipinski definition) is 3. The van der Waals surface area contributed by atoms with Gasteiger partial charge in [0, 0.05) is 13.1 Å². The van der Waals surface area contributed by atoms with E-state index in [2.05, 4.69) is 22.9 Å². The average Bonchev–Trinajstić information content (AvgIpc) is 2.91. The molecule has 2 amide bonds. The smallest absolute Gasteiger partial charge is 0.253 e. The lowest BCUT2D eigenvalue weighted by atomic mass is 9.97. The van der Waals surface area contributed by atoms with Gasteiger partial charge in [-0.2, -0.15) is 0 Å². The van der Waals surface area contributed by atoms with Crippen LogP contribution in [0.2, 0.25) is 0 Å². The fourth-order valence-corrected chi connectivity index (χ4v) is 2.51. The van der Waals surface area contributed by atoms with Crippen LogP contribution in [0.3, 0.4) is 0 Å². The first-order chi connectivity index (χ1) is 10.1. The molecule has 1 aromatic carbocycles. The van der Waals surface area contributed by atoms with Crippen LogP contribution in [-0.4, -0.2) is 31.4 Å². The van der Waals surface area contributed by atoms with E-state index in [1.165, 1.54) is 0 Å². The Labute approximate surface area is 125 Å². The van der Waals surface area contributed by atoms with Crippen LogP contribution in [0.1, 0.15) is 30.6 Å². The Kier molecular flexibility index (Phi) is 5.33. The predicted molar refractivity (Wildman–Crippen MR) is 83.2 cm³/mol. The molecular formula is C16H23N3O2. The molecule has 0 aromatic heterocycles. The summed E-state index contributed by atoms with van der Waals surface area (Å²) in [6, 6.07) is 7.13. The van der Waals surface area contributed by atoms with Gasteiger partial charge in [-0.15, -0.1) is 0 Å². The molecule has 1 aliphatic rings. The summed E-state index contributed by atoms with van der Waals surface area (Å²) in [4.78, 5) is 24.4. The van der Waals surface area contributed by atoms with Crippen molar-refractivity contribution in [2.24, 2.45) is 11.8 Å². The number of anilines is 1. The van der Waals surface area contributed by atoms with E-state index in [1.807, 2.05) is 13.0 Å². The quantitative estimate of drug-likeness (QED) is 0.771. The van der Waals surface area contributed by atoms with Crippen LogP contribution in [0.15, 0.2) is 24.3 Å². The second-order valence-corrected chi connectivity index (χ2v) is 5.53. The highest BCUT2D eigenvalue weighted by Crippen LogP contribution is 2.20. The van der Waals surface area contributed by atoms with Crippen LogP contribution in [0.25, 0.3) is 0 Å². The zero-order valence-corrected chi connectivity index (χ0v) is 12.6. The number of nitrogens with one attached hydrogen (secondary N) is 3. The molecule has 1 aliphatic heterocycles. The van der Waals surface area contributed by atoms with Gasteiger partial charge in [0.1, 0.15) is 0 Å². The molecule has 1 saturated heterocycles. The van der Waals surface area contributed by atoms with Gasteiger partial charge >= 0.3 is 0 Å². The second kappa shape index (κ2) is 7.22. The third kappa shape index (κ3) is 3.82. The molecule has 21 heavy (non-hydrogen) atoms. The molecule has 114 valence electrons. The van der Waals surface area contributed by atoms with Gasteiger partial charge in [0.25, 0.3) is 5.91 Å². The Morgan fingerprint density at radius 2 is 2.05 bits per heavy atom. The van der Waals surface area contributed by atoms with Crippen LogP contribution in [0.5, 0.6) is 0 Å². The minimum Gasteiger partial charge on any atom is -0.352 e. The summed E-state index contributed by atoms with van der Waals surface area (Å²) in [7, 11) is 0. The fourth-order valence-electron chi connectivity index (χ4n) is 2.51. The van der Waals surface area contributed by atoms with Crippen molar-refractivity contribution in [2.75, 3.05) is 25.0 Å². The standard InChI is InChI=1S/C16H23N3O2/c1-3-8-18-15(20)12-6-4-5-7-14(12)19-16(21)13-10-17-9-11(13)2/h4-7,11,13,17H,3,8-10H2,1-2H3,(H,18,20)(H,19,21). The van der Waals surface area contributed by atoms with Gasteiger partial charge in [0.15, 0.2) is 0 Å². The Morgan fingerprint density at radius 3 is 2.71 bits per heavy atom. The SMILES string of the molecule is CCCNC(=O)c1ccccc1NC(=O)C1CNCC1C. The monoisotopic (exact) mass is 289 g/mol. The van der Waals surface area contributed by atoms with Crippen LogP contribution < -0.4 is 16.0 Å². The maximum atomic E-state index is 12.3. The van der Waals surface area contributed by atoms with Crippen molar-refractivity contribution in [3.05, 3.63) is 29.8 Å². The summed E-state index contributed by atoms with van der Waals surface area (Å²) in [5.41, 5.74) is 1.09. The molecule has 2 unspecified atom stereocenters. The van der Waals surface area contributed by atoms with Gasteiger partial charge in [-0.3, -0.25) is 9.59 Å². The van der Waals surface area contributed by atoms with Crippen LogP contribution >= 0.6 is 0 Å². The molecule has 1 aromatic rings. The van der Waals surface area contributed by atoms with Gasteiger partial charge in [-0.05, 0) is 31.0 Å². The van der Waals surface area contributed by atoms with Crippen LogP contribution in [0.4, 0.5) is 5.69 Å². The lowest BCUT2D eigenvalue weighted by Crippen LogP contribution is -2.30. The Bertz CT molecular complexity index is 516. The number of carbonyl (C=O) groups excluding carboxylic acids is 2. The molecule has 5 heteroatoms. The summed E-state index contributed by atoms with van der Waals surface area (Å²) in [5.74, 6) is 0.0939. The third-order valence-electron chi connectivity index (χ3n) is 3.82. The molecular weight excluding hydrogens is 266 g/mol. The normalized spacial score (nSPS) is 21.0. The largest absolute Gasteiger partial charge is 0.352 e. The maximum absolute atomic E-state index is 12.3. The van der Waals surface area contributed by atoms with Gasteiger partial charge in [0.2, 0.25) is 5.91 Å². The number of hydrogen-bond acceptors (Lipinski definition) is 3. The lowest BCUT2D eigenvalue weighted by molar-refractivity contribution is -0.120. The van der Waals surface area contributed by atoms with Gasteiger partial charge in [-0.1, -0.05) is 26.0 Å². The van der Waals surface area contributed by atoms with E-state index in [1.54, 1.807) is 18.2 Å². The first-order valence-corrected chi connectivity index (χ1v) is 7.52. The van der Waals surface area contributed by atoms with E-state index in [0.717, 1.165) is 13.0 Å². The highest BCUT2D eigenvalue weighted by Gasteiger charge is 2.30. The van der Waals surface area contributed by atoms with Crippen molar-refractivity contribution < 1.29 is 9.59 Å². The molecule has 3 N–H and O–H groups in total.